The van der Waals surface area contributed by atoms with Crippen molar-refractivity contribution in [1.82, 2.24) is 46.8 Å². The van der Waals surface area contributed by atoms with Crippen molar-refractivity contribution in [2.75, 3.05) is 46.1 Å². The van der Waals surface area contributed by atoms with Crippen LogP contribution in [0.5, 0.6) is 0 Å². The molecular weight excluding hydrogens is 1420 g/mol. The summed E-state index contributed by atoms with van der Waals surface area (Å²) in [4.78, 5) is 114. The molecule has 0 unspecified atom stereocenters. The number of carbonyl (C=O) groups excluding carboxylic acids is 8. The van der Waals surface area contributed by atoms with Gasteiger partial charge in [0.05, 0.1) is 55.7 Å². The van der Waals surface area contributed by atoms with Gasteiger partial charge in [0.15, 0.2) is 23.8 Å². The van der Waals surface area contributed by atoms with E-state index in [9.17, 15) is 38.4 Å². The summed E-state index contributed by atoms with van der Waals surface area (Å²) >= 11 is 16.9. The van der Waals surface area contributed by atoms with E-state index >= 15 is 0 Å². The molecule has 4 aromatic rings. The lowest BCUT2D eigenvalue weighted by atomic mass is 9.96. The lowest BCUT2D eigenvalue weighted by molar-refractivity contribution is -0.167. The number of nitrogens with zero attached hydrogens (tertiary/aromatic N) is 4. The van der Waals surface area contributed by atoms with Gasteiger partial charge in [0, 0.05) is 55.1 Å². The van der Waals surface area contributed by atoms with Crippen molar-refractivity contribution >= 4 is 116 Å². The summed E-state index contributed by atoms with van der Waals surface area (Å²) in [6.45, 7) is 31.3. The van der Waals surface area contributed by atoms with Gasteiger partial charge in [-0.2, -0.15) is 0 Å². The van der Waals surface area contributed by atoms with Crippen LogP contribution in [0, 0.1) is 23.7 Å². The van der Waals surface area contributed by atoms with Gasteiger partial charge in [-0.1, -0.05) is 124 Å². The van der Waals surface area contributed by atoms with Crippen molar-refractivity contribution in [2.24, 2.45) is 29.4 Å². The molecule has 0 aliphatic carbocycles. The maximum atomic E-state index is 13.5. The number of rotatable bonds is 30. The Morgan fingerprint density at radius 1 is 0.623 bits per heavy atom. The molecule has 0 saturated carbocycles. The molecule has 25 nitrogen and oxygen atoms in total. The third kappa shape index (κ3) is 27.1. The smallest absolute Gasteiger partial charge is 0.325 e. The molecule has 106 heavy (non-hydrogen) atoms. The van der Waals surface area contributed by atoms with E-state index in [-0.39, 0.29) is 29.8 Å². The van der Waals surface area contributed by atoms with E-state index in [1.54, 1.807) is 53.0 Å². The van der Waals surface area contributed by atoms with E-state index in [1.165, 1.54) is 16.9 Å². The Morgan fingerprint density at radius 3 is 1.44 bits per heavy atom. The summed E-state index contributed by atoms with van der Waals surface area (Å²) in [5.41, 5.74) is 15.5. The van der Waals surface area contributed by atoms with Gasteiger partial charge in [0.1, 0.15) is 30.8 Å². The van der Waals surface area contributed by atoms with Crippen molar-refractivity contribution in [3.8, 4) is 0 Å². The fraction of sp³-hybridized carbons (Fsp3) is 0.564. The van der Waals surface area contributed by atoms with Gasteiger partial charge in [0.2, 0.25) is 9.70 Å². The predicted molar refractivity (Wildman–Crippen MR) is 409 cm³/mol. The van der Waals surface area contributed by atoms with Gasteiger partial charge < -0.3 is 54.8 Å². The van der Waals surface area contributed by atoms with Crippen LogP contribution in [0.1, 0.15) is 182 Å². The number of hydrogen-bond acceptors (Lipinski definition) is 20. The summed E-state index contributed by atoms with van der Waals surface area (Å²) in [6.07, 6.45) is 17.3. The first-order valence-electron chi connectivity index (χ1n) is 36.5. The minimum atomic E-state index is -1.75. The number of esters is 3. The summed E-state index contributed by atoms with van der Waals surface area (Å²) < 4.78 is 37.5. The molecule has 582 valence electrons. The molecule has 2 aromatic heterocycles. The van der Waals surface area contributed by atoms with Gasteiger partial charge >= 0.3 is 17.9 Å². The zero-order valence-corrected chi connectivity index (χ0v) is 65.5. The van der Waals surface area contributed by atoms with E-state index < -0.39 is 112 Å². The van der Waals surface area contributed by atoms with Crippen LogP contribution in [0.4, 0.5) is 0 Å². The van der Waals surface area contributed by atoms with Gasteiger partial charge in [-0.15, -0.1) is 0 Å². The molecule has 4 aliphatic rings. The molecule has 4 fully saturated rings. The van der Waals surface area contributed by atoms with Gasteiger partial charge in [-0.05, 0) is 177 Å². The number of fused-ring (bicyclic) bond motifs is 2. The number of nitrogens with two attached hydrogens (primary N) is 1. The normalized spacial score (nSPS) is 19.5. The SMILES string of the molecule is C/C=C/C[C@@H](CCC1(C)OCCO1)C(=O)O[C@H](C(=O)N[C@@H](C)C(=O)N1CCC[C@@H](C(=O)OCC(Cl)(Cl)Cl)N1)C(C)C.C=Cc1cc2cc([C@@H](C)N)ccc2cn1.C=Cc1cc2cc([C@@H](C)NC(=O)[C@@H]3CCCN(C(=O)[C@H](C)NC(=O)[C@@H](OC(=O)[C@@H](C/C=C/C)CCC4(C)OCCO4)C(C)C)N3)ccc2cn1. The van der Waals surface area contributed by atoms with Gasteiger partial charge in [0.25, 0.3) is 23.6 Å². The Bertz CT molecular complexity index is 3710. The second-order valence-corrected chi connectivity index (χ2v) is 30.6. The molecule has 2 aromatic carbocycles. The quantitative estimate of drug-likeness (QED) is 0.0122. The fourth-order valence-corrected chi connectivity index (χ4v) is 12.3. The Labute approximate surface area is 638 Å². The van der Waals surface area contributed by atoms with E-state index in [1.807, 2.05) is 115 Å². The largest absolute Gasteiger partial charge is 0.460 e. The van der Waals surface area contributed by atoms with Crippen LogP contribution in [0.3, 0.4) is 0 Å². The Balaban J connectivity index is 0.000000280. The molecule has 4 saturated heterocycles. The number of halogens is 3. The number of alkyl halides is 3. The minimum absolute atomic E-state index is 0.0646. The average molecular weight is 1530 g/mol. The third-order valence-electron chi connectivity index (χ3n) is 18.6. The van der Waals surface area contributed by atoms with Crippen molar-refractivity contribution in [3.63, 3.8) is 0 Å². The molecule has 7 N–H and O–H groups in total. The molecule has 0 bridgehead atoms. The Hall–Kier alpha value is -7.43. The highest BCUT2D eigenvalue weighted by Gasteiger charge is 2.40. The maximum absolute atomic E-state index is 13.5. The summed E-state index contributed by atoms with van der Waals surface area (Å²) in [7, 11) is 0. The zero-order chi connectivity index (χ0) is 78.1. The zero-order valence-electron chi connectivity index (χ0n) is 63.2. The number of ether oxygens (including phenoxy) is 7. The van der Waals surface area contributed by atoms with Crippen LogP contribution in [-0.4, -0.2) is 165 Å². The highest BCUT2D eigenvalue weighted by Crippen LogP contribution is 2.32. The molecule has 4 aliphatic heterocycles. The maximum Gasteiger partial charge on any atom is 0.325 e. The number of allylic oxidation sites excluding steroid dienone is 4. The van der Waals surface area contributed by atoms with Crippen LogP contribution in [0.2, 0.25) is 0 Å². The van der Waals surface area contributed by atoms with Crippen LogP contribution < -0.4 is 32.5 Å². The number of carbonyl (C=O) groups is 8. The monoisotopic (exact) mass is 1530 g/mol. The van der Waals surface area contributed by atoms with Gasteiger partial charge in [-0.3, -0.25) is 58.3 Å². The molecule has 0 spiro atoms. The number of hydrazine groups is 2. The van der Waals surface area contributed by atoms with Crippen molar-refractivity contribution in [1.29, 1.82) is 0 Å². The molecular formula is C78H109Cl3N10O15. The van der Waals surface area contributed by atoms with Crippen molar-refractivity contribution < 1.29 is 71.5 Å². The number of amides is 5. The second-order valence-electron chi connectivity index (χ2n) is 28.1. The van der Waals surface area contributed by atoms with Crippen molar-refractivity contribution in [2.45, 2.75) is 211 Å². The Morgan fingerprint density at radius 2 is 1.04 bits per heavy atom. The summed E-state index contributed by atoms with van der Waals surface area (Å²) in [6, 6.07) is 12.6. The third-order valence-corrected chi connectivity index (χ3v) is 18.9. The number of benzene rings is 2. The average Bonchev–Trinajstić information content (AvgIpc) is 1.01. The van der Waals surface area contributed by atoms with Crippen LogP contribution in [0.25, 0.3) is 33.7 Å². The fourth-order valence-electron chi connectivity index (χ4n) is 12.2. The molecule has 6 heterocycles. The standard InChI is InChI=1S/C38H53N5O7.C27H42Cl3N3O8.C13H14N2/c1-8-10-12-27(16-17-38(7)48-19-20-49-38)37(47)50-33(24(3)4)35(45)41-26(6)36(46)43-18-11-13-32(42-43)34(44)40-25(5)28-14-15-29-23-39-31(9-2)22-30(29)21-28;1-6-7-9-19(11-12-26(5)39-14-15-40-26)24(36)41-21(17(2)3)22(34)31-18(4)23(35)33-13-8-10-20(32-33)25(37)38-16-27(28,29)30;1-3-13-7-12-6-10(9(2)14)4-5-11(12)8-15-13/h8-10,14-15,21-27,32-33,42H,2,11-13,16-20H2,1,3-7H3,(H,40,44)(H,41,45);6-7,17-21,32H,8-16H2,1-5H3,(H,31,34);3-9H,1,14H2,2H3/b10-8+;7-6+;/t25-,26+,27+,32+,33+;18-,19-,20-,21-;9-/m101/s1. The lowest BCUT2D eigenvalue weighted by Crippen LogP contribution is -2.61. The first-order chi connectivity index (χ1) is 50.2. The molecule has 28 heteroatoms. The minimum Gasteiger partial charge on any atom is -0.460 e. The predicted octanol–water partition coefficient (Wildman–Crippen LogP) is 11.2. The molecule has 10 atom stereocenters. The van der Waals surface area contributed by atoms with E-state index in [2.05, 4.69) is 56.0 Å². The van der Waals surface area contributed by atoms with E-state index in [0.29, 0.717) is 104 Å². The van der Waals surface area contributed by atoms with Crippen LogP contribution in [0.15, 0.2) is 98.4 Å². The highest BCUT2D eigenvalue weighted by molar-refractivity contribution is 6.67. The number of aromatic nitrogens is 2. The number of hydrogen-bond donors (Lipinski definition) is 6. The Kier molecular flexibility index (Phi) is 34.5. The van der Waals surface area contributed by atoms with Gasteiger partial charge in [-0.25, -0.2) is 10.9 Å². The number of nitrogens with one attached hydrogen (secondary N) is 5. The molecule has 0 radical (unpaired) electrons. The van der Waals surface area contributed by atoms with Crippen LogP contribution >= 0.6 is 34.8 Å². The topological polar surface area (TPSA) is 320 Å². The first kappa shape index (κ1) is 87.5. The lowest BCUT2D eigenvalue weighted by Gasteiger charge is -2.35. The second kappa shape index (κ2) is 41.8. The summed E-state index contributed by atoms with van der Waals surface area (Å²) in [5.74, 6) is -7.08. The summed E-state index contributed by atoms with van der Waals surface area (Å²) in [5, 5.41) is 15.4. The van der Waals surface area contributed by atoms with E-state index in [4.69, 9.17) is 73.7 Å². The van der Waals surface area contributed by atoms with Crippen LogP contribution in [-0.2, 0) is 71.5 Å². The molecule has 8 rings (SSSR count). The molecule has 5 amide bonds. The highest BCUT2D eigenvalue weighted by atomic mass is 35.6. The van der Waals surface area contributed by atoms with E-state index in [0.717, 1.165) is 44.1 Å². The first-order valence-corrected chi connectivity index (χ1v) is 37.6. The van der Waals surface area contributed by atoms with Crippen molar-refractivity contribution in [3.05, 3.63) is 121 Å². The number of pyridine rings is 2.